The zero-order valence-electron chi connectivity index (χ0n) is 8.32. The summed E-state index contributed by atoms with van der Waals surface area (Å²) in [6.45, 7) is 0. The van der Waals surface area contributed by atoms with Gasteiger partial charge in [-0.2, -0.15) is 0 Å². The molecule has 0 radical (unpaired) electrons. The van der Waals surface area contributed by atoms with Gasteiger partial charge in [0.2, 0.25) is 5.91 Å². The van der Waals surface area contributed by atoms with E-state index in [-0.39, 0.29) is 24.2 Å². The van der Waals surface area contributed by atoms with E-state index in [4.69, 9.17) is 5.73 Å². The number of nitrogens with two attached hydrogens (primary N) is 1. The highest BCUT2D eigenvalue weighted by atomic mass is 35.5. The van der Waals surface area contributed by atoms with Crippen LogP contribution in [-0.2, 0) is 4.79 Å². The molecule has 0 atom stereocenters. The van der Waals surface area contributed by atoms with Crippen LogP contribution in [0, 0.1) is 29.6 Å². The van der Waals surface area contributed by atoms with E-state index in [1.54, 1.807) is 0 Å². The predicted octanol–water partition coefficient (Wildman–Crippen LogP) is 1.97. The van der Waals surface area contributed by atoms with Crippen LogP contribution in [0.3, 0.4) is 0 Å². The molecule has 0 saturated heterocycles. The second-order valence-electron chi connectivity index (χ2n) is 5.36. The Hall–Kier alpha value is -0.240. The maximum absolute atomic E-state index is 11.3. The van der Waals surface area contributed by atoms with Crippen molar-refractivity contribution in [3.63, 3.8) is 0 Å². The van der Waals surface area contributed by atoms with Crippen molar-refractivity contribution >= 4 is 18.3 Å². The van der Waals surface area contributed by atoms with E-state index >= 15 is 0 Å². The first-order valence-electron chi connectivity index (χ1n) is 5.53. The highest BCUT2D eigenvalue weighted by Gasteiger charge is 2.50. The third-order valence-electron chi connectivity index (χ3n) is 4.56. The molecular formula is C11H18ClNO. The second kappa shape index (κ2) is 3.41. The molecule has 0 aliphatic heterocycles. The summed E-state index contributed by atoms with van der Waals surface area (Å²) in [5.74, 6) is 3.43. The zero-order chi connectivity index (χ0) is 9.00. The summed E-state index contributed by atoms with van der Waals surface area (Å²) in [5.41, 5.74) is 5.48. The zero-order valence-corrected chi connectivity index (χ0v) is 9.13. The van der Waals surface area contributed by atoms with E-state index in [0.29, 0.717) is 11.8 Å². The third-order valence-corrected chi connectivity index (χ3v) is 4.56. The fourth-order valence-electron chi connectivity index (χ4n) is 4.39. The van der Waals surface area contributed by atoms with Gasteiger partial charge >= 0.3 is 0 Å². The Labute approximate surface area is 91.0 Å². The maximum Gasteiger partial charge on any atom is 0.221 e. The van der Waals surface area contributed by atoms with E-state index < -0.39 is 0 Å². The highest BCUT2D eigenvalue weighted by molar-refractivity contribution is 5.85. The van der Waals surface area contributed by atoms with Crippen LogP contribution in [0.1, 0.15) is 32.1 Å². The van der Waals surface area contributed by atoms with E-state index in [1.807, 2.05) is 0 Å². The Kier molecular flexibility index (Phi) is 2.50. The molecule has 4 bridgehead atoms. The largest absolute Gasteiger partial charge is 0.369 e. The molecule has 2 nitrogen and oxygen atoms in total. The topological polar surface area (TPSA) is 43.1 Å². The Morgan fingerprint density at radius 2 is 1.36 bits per heavy atom. The van der Waals surface area contributed by atoms with E-state index in [2.05, 4.69) is 0 Å². The maximum atomic E-state index is 11.3. The summed E-state index contributed by atoms with van der Waals surface area (Å²) in [7, 11) is 0. The first-order valence-corrected chi connectivity index (χ1v) is 5.53. The number of halogens is 1. The van der Waals surface area contributed by atoms with Gasteiger partial charge in [-0.3, -0.25) is 4.79 Å². The molecule has 0 aromatic heterocycles. The van der Waals surface area contributed by atoms with Crippen molar-refractivity contribution in [2.24, 2.45) is 35.3 Å². The monoisotopic (exact) mass is 215 g/mol. The molecule has 4 aliphatic carbocycles. The fraction of sp³-hybridized carbons (Fsp3) is 0.909. The molecule has 4 saturated carbocycles. The van der Waals surface area contributed by atoms with Gasteiger partial charge in [0.1, 0.15) is 0 Å². The Balaban J connectivity index is 0.000000750. The molecule has 3 heteroatoms. The van der Waals surface area contributed by atoms with Crippen LogP contribution in [0.25, 0.3) is 0 Å². The van der Waals surface area contributed by atoms with Gasteiger partial charge in [0.15, 0.2) is 0 Å². The molecule has 2 N–H and O–H groups in total. The smallest absolute Gasteiger partial charge is 0.221 e. The lowest BCUT2D eigenvalue weighted by molar-refractivity contribution is -0.134. The molecule has 14 heavy (non-hydrogen) atoms. The van der Waals surface area contributed by atoms with Crippen LogP contribution in [0.15, 0.2) is 0 Å². The first-order chi connectivity index (χ1) is 6.24. The Morgan fingerprint density at radius 1 is 0.929 bits per heavy atom. The van der Waals surface area contributed by atoms with Crippen molar-refractivity contribution in [2.75, 3.05) is 0 Å². The molecule has 0 unspecified atom stereocenters. The van der Waals surface area contributed by atoms with Crippen LogP contribution >= 0.6 is 12.4 Å². The van der Waals surface area contributed by atoms with Gasteiger partial charge in [-0.1, -0.05) is 0 Å². The van der Waals surface area contributed by atoms with Gasteiger partial charge in [0, 0.05) is 5.92 Å². The summed E-state index contributed by atoms with van der Waals surface area (Å²) in [6.07, 6.45) is 6.61. The number of carbonyl (C=O) groups excluding carboxylic acids is 1. The summed E-state index contributed by atoms with van der Waals surface area (Å²) in [6, 6.07) is 0. The molecule has 0 spiro atoms. The van der Waals surface area contributed by atoms with Gasteiger partial charge in [-0.15, -0.1) is 12.4 Å². The van der Waals surface area contributed by atoms with Crippen molar-refractivity contribution in [1.82, 2.24) is 0 Å². The lowest BCUT2D eigenvalue weighted by Crippen LogP contribution is -2.49. The summed E-state index contributed by atoms with van der Waals surface area (Å²) in [5, 5.41) is 0. The molecule has 0 aromatic rings. The van der Waals surface area contributed by atoms with Crippen LogP contribution in [-0.4, -0.2) is 5.91 Å². The molecular weight excluding hydrogens is 198 g/mol. The van der Waals surface area contributed by atoms with Crippen molar-refractivity contribution in [3.05, 3.63) is 0 Å². The Morgan fingerprint density at radius 3 is 1.71 bits per heavy atom. The Bertz CT molecular complexity index is 226. The predicted molar refractivity (Wildman–Crippen MR) is 57.0 cm³/mol. The van der Waals surface area contributed by atoms with Gasteiger partial charge in [0.05, 0.1) is 0 Å². The summed E-state index contributed by atoms with van der Waals surface area (Å²) >= 11 is 0. The van der Waals surface area contributed by atoms with Crippen molar-refractivity contribution in [1.29, 1.82) is 0 Å². The van der Waals surface area contributed by atoms with E-state index in [1.165, 1.54) is 32.1 Å². The van der Waals surface area contributed by atoms with Gasteiger partial charge in [0.25, 0.3) is 0 Å². The standard InChI is InChI=1S/C11H17NO.ClH/c12-11(13)10-8-2-6-1-7(4-8)5-9(10)3-6;/h6-10H,1-5H2,(H2,12,13);1H. The SMILES string of the molecule is Cl.NC(=O)C1C2CC3CC(C2)CC1C3. The van der Waals surface area contributed by atoms with Crippen LogP contribution in [0.2, 0.25) is 0 Å². The lowest BCUT2D eigenvalue weighted by Gasteiger charge is -2.53. The van der Waals surface area contributed by atoms with Crippen molar-refractivity contribution in [3.8, 4) is 0 Å². The number of hydrogen-bond acceptors (Lipinski definition) is 1. The molecule has 1 amide bonds. The minimum absolute atomic E-state index is 0. The van der Waals surface area contributed by atoms with Gasteiger partial charge in [-0.05, 0) is 55.8 Å². The minimum Gasteiger partial charge on any atom is -0.369 e. The van der Waals surface area contributed by atoms with Crippen LogP contribution in [0.4, 0.5) is 0 Å². The molecule has 4 aliphatic rings. The first kappa shape index (κ1) is 10.3. The second-order valence-corrected chi connectivity index (χ2v) is 5.36. The third kappa shape index (κ3) is 1.35. The van der Waals surface area contributed by atoms with Crippen molar-refractivity contribution in [2.45, 2.75) is 32.1 Å². The molecule has 80 valence electrons. The number of amides is 1. The number of carbonyl (C=O) groups is 1. The van der Waals surface area contributed by atoms with Crippen LogP contribution in [0.5, 0.6) is 0 Å². The quantitative estimate of drug-likeness (QED) is 0.714. The normalized spacial score (nSPS) is 48.7. The van der Waals surface area contributed by atoms with Crippen molar-refractivity contribution < 1.29 is 4.79 Å². The van der Waals surface area contributed by atoms with E-state index in [0.717, 1.165) is 11.8 Å². The lowest BCUT2D eigenvalue weighted by atomic mass is 9.52. The minimum atomic E-state index is -0.0196. The highest BCUT2D eigenvalue weighted by Crippen LogP contribution is 2.56. The molecule has 0 heterocycles. The summed E-state index contributed by atoms with van der Waals surface area (Å²) in [4.78, 5) is 11.3. The van der Waals surface area contributed by atoms with E-state index in [9.17, 15) is 4.79 Å². The molecule has 0 aromatic carbocycles. The number of primary amides is 1. The summed E-state index contributed by atoms with van der Waals surface area (Å²) < 4.78 is 0. The molecule has 4 fully saturated rings. The van der Waals surface area contributed by atoms with Gasteiger partial charge < -0.3 is 5.73 Å². The number of hydrogen-bond donors (Lipinski definition) is 1. The number of rotatable bonds is 1. The molecule has 4 rings (SSSR count). The van der Waals surface area contributed by atoms with Gasteiger partial charge in [-0.25, -0.2) is 0 Å². The fourth-order valence-corrected chi connectivity index (χ4v) is 4.39. The average molecular weight is 216 g/mol. The average Bonchev–Trinajstić information content (AvgIpc) is 2.00. The van der Waals surface area contributed by atoms with Crippen LogP contribution < -0.4 is 5.73 Å².